The summed E-state index contributed by atoms with van der Waals surface area (Å²) in [6, 6.07) is 0. The van der Waals surface area contributed by atoms with Gasteiger partial charge in [-0.3, -0.25) is 14.4 Å². The number of carbonyl (C=O) groups is 3. The molecular weight excluding hydrogens is 568 g/mol. The van der Waals surface area contributed by atoms with Crippen molar-refractivity contribution < 1.29 is 48.5 Å². The summed E-state index contributed by atoms with van der Waals surface area (Å²) in [6.07, 6.45) is 10.1. The maximum Gasteiger partial charge on any atom is 0.303 e. The minimum Gasteiger partial charge on any atom is -0.481 e. The molecule has 0 radical (unpaired) electrons. The van der Waals surface area contributed by atoms with E-state index in [2.05, 4.69) is 20.8 Å². The van der Waals surface area contributed by atoms with Gasteiger partial charge in [-0.2, -0.15) is 19.6 Å². The molecule has 0 bridgehead atoms. The van der Waals surface area contributed by atoms with Crippen LogP contribution in [0.2, 0.25) is 0 Å². The van der Waals surface area contributed by atoms with Crippen LogP contribution in [-0.4, -0.2) is 46.8 Å². The molecule has 0 aromatic heterocycles. The normalized spacial score (nSPS) is 42.9. The van der Waals surface area contributed by atoms with Gasteiger partial charge in [0.05, 0.1) is 0 Å². The molecule has 2 unspecified atom stereocenters. The molecule has 5 saturated carbocycles. The number of rotatable bonds is 6. The van der Waals surface area contributed by atoms with Gasteiger partial charge in [-0.1, -0.05) is 27.2 Å². The van der Waals surface area contributed by atoms with Crippen molar-refractivity contribution >= 4 is 17.9 Å². The van der Waals surface area contributed by atoms with Gasteiger partial charge >= 0.3 is 17.9 Å². The number of carboxylic acid groups (broad SMARTS) is 1. The number of aliphatic carboxylic acids is 1. The van der Waals surface area contributed by atoms with Gasteiger partial charge in [-0.15, -0.1) is 0 Å². The summed E-state index contributed by atoms with van der Waals surface area (Å²) in [5.74, 6) is -2.24. The van der Waals surface area contributed by atoms with Crippen molar-refractivity contribution in [2.75, 3.05) is 0 Å². The van der Waals surface area contributed by atoms with E-state index < -0.39 is 17.5 Å². The Hall–Kier alpha value is -1.75. The molecule has 1 aliphatic heterocycles. The molecule has 44 heavy (non-hydrogen) atoms. The minimum absolute atomic E-state index is 0.114. The Morgan fingerprint density at radius 2 is 1.50 bits per heavy atom. The molecule has 10 heteroatoms. The average Bonchev–Trinajstić information content (AvgIpc) is 3.33. The van der Waals surface area contributed by atoms with E-state index in [1.165, 1.54) is 13.8 Å². The summed E-state index contributed by atoms with van der Waals surface area (Å²) >= 11 is 0. The molecule has 10 atom stereocenters. The fourth-order valence-electron chi connectivity index (χ4n) is 11.0. The summed E-state index contributed by atoms with van der Waals surface area (Å²) in [7, 11) is 0. The molecule has 1 saturated heterocycles. The molecule has 0 aromatic carbocycles. The van der Waals surface area contributed by atoms with Gasteiger partial charge in [-0.25, -0.2) is 0 Å². The Labute approximate surface area is 261 Å². The van der Waals surface area contributed by atoms with Crippen LogP contribution in [0.3, 0.4) is 0 Å². The maximum atomic E-state index is 12.6. The zero-order valence-electron chi connectivity index (χ0n) is 27.1. The molecule has 0 amide bonds. The Balaban J connectivity index is 1.29. The summed E-state index contributed by atoms with van der Waals surface area (Å²) < 4.78 is 12.4. The van der Waals surface area contributed by atoms with Gasteiger partial charge in [0, 0.05) is 57.3 Å². The van der Waals surface area contributed by atoms with Crippen LogP contribution in [0.5, 0.6) is 0 Å². The number of fused-ring (bicyclic) bond motifs is 5. The zero-order valence-corrected chi connectivity index (χ0v) is 27.1. The molecule has 6 fully saturated rings. The summed E-state index contributed by atoms with van der Waals surface area (Å²) in [6.45, 7) is 9.72. The summed E-state index contributed by atoms with van der Waals surface area (Å²) in [5.41, 5.74) is -0.459. The molecule has 248 valence electrons. The molecule has 6 rings (SSSR count). The van der Waals surface area contributed by atoms with E-state index in [-0.39, 0.29) is 76.9 Å². The smallest absolute Gasteiger partial charge is 0.303 e. The van der Waals surface area contributed by atoms with Crippen LogP contribution in [0.1, 0.15) is 125 Å². The highest BCUT2D eigenvalue weighted by Crippen LogP contribution is 2.70. The van der Waals surface area contributed by atoms with Crippen LogP contribution in [0.25, 0.3) is 0 Å². The Morgan fingerprint density at radius 3 is 2.14 bits per heavy atom. The number of esters is 2. The van der Waals surface area contributed by atoms with E-state index in [0.717, 1.165) is 51.4 Å². The highest BCUT2D eigenvalue weighted by Gasteiger charge is 2.69. The second kappa shape index (κ2) is 11.8. The third-order valence-corrected chi connectivity index (χ3v) is 13.2. The summed E-state index contributed by atoms with van der Waals surface area (Å²) in [4.78, 5) is 60.8. The van der Waals surface area contributed by atoms with Crippen LogP contribution in [0, 0.1) is 46.3 Å². The van der Waals surface area contributed by atoms with Crippen LogP contribution in [-0.2, 0) is 43.4 Å². The number of carboxylic acids is 1. The van der Waals surface area contributed by atoms with E-state index in [4.69, 9.17) is 29.0 Å². The fraction of sp³-hybridized carbons (Fsp3) is 0.912. The number of carbonyl (C=O) groups excluding carboxylic acids is 2. The van der Waals surface area contributed by atoms with Gasteiger partial charge in [0.2, 0.25) is 11.6 Å². The highest BCUT2D eigenvalue weighted by atomic mass is 17.4. The van der Waals surface area contributed by atoms with E-state index in [1.807, 2.05) is 0 Å². The molecule has 2 spiro atoms. The summed E-state index contributed by atoms with van der Waals surface area (Å²) in [5, 5.41) is 9.39. The molecule has 5 aliphatic carbocycles. The van der Waals surface area contributed by atoms with Gasteiger partial charge in [0.1, 0.15) is 12.2 Å². The number of hydrogen-bond donors (Lipinski definition) is 1. The van der Waals surface area contributed by atoms with Crippen LogP contribution < -0.4 is 0 Å². The Kier molecular flexibility index (Phi) is 8.64. The van der Waals surface area contributed by atoms with Crippen molar-refractivity contribution in [3.8, 4) is 0 Å². The zero-order chi connectivity index (χ0) is 31.5. The quantitative estimate of drug-likeness (QED) is 0.260. The monoisotopic (exact) mass is 620 g/mol. The Morgan fingerprint density at radius 1 is 0.841 bits per heavy atom. The lowest BCUT2D eigenvalue weighted by Gasteiger charge is -2.65. The van der Waals surface area contributed by atoms with Crippen molar-refractivity contribution in [3.05, 3.63) is 0 Å². The lowest BCUT2D eigenvalue weighted by Crippen LogP contribution is -2.65. The second-order valence-electron chi connectivity index (χ2n) is 15.6. The van der Waals surface area contributed by atoms with E-state index >= 15 is 0 Å². The third-order valence-electron chi connectivity index (χ3n) is 13.2. The molecule has 1 heterocycles. The van der Waals surface area contributed by atoms with Gasteiger partial charge in [-0.05, 0) is 86.4 Å². The second-order valence-corrected chi connectivity index (χ2v) is 15.6. The lowest BCUT2D eigenvalue weighted by molar-refractivity contribution is -0.665. The van der Waals surface area contributed by atoms with Gasteiger partial charge in [0.15, 0.2) is 0 Å². The van der Waals surface area contributed by atoms with Crippen molar-refractivity contribution in [1.82, 2.24) is 0 Å². The van der Waals surface area contributed by atoms with Gasteiger partial charge < -0.3 is 14.6 Å². The number of hydrogen-bond acceptors (Lipinski definition) is 9. The number of ether oxygens (including phenoxy) is 2. The molecular formula is C34H52O10. The fourth-order valence-corrected chi connectivity index (χ4v) is 11.0. The largest absolute Gasteiger partial charge is 0.481 e. The first kappa shape index (κ1) is 32.2. The van der Waals surface area contributed by atoms with Gasteiger partial charge in [0.25, 0.3) is 0 Å². The van der Waals surface area contributed by atoms with Crippen LogP contribution >= 0.6 is 0 Å². The predicted octanol–water partition coefficient (Wildman–Crippen LogP) is 6.50. The predicted molar refractivity (Wildman–Crippen MR) is 156 cm³/mol. The van der Waals surface area contributed by atoms with E-state index in [1.54, 1.807) is 0 Å². The standard InChI is InChI=1S/C34H52O10/c1-20(9-12-29(37)38)24-10-11-25-30-26(18-28(32(24,25)5)40-22(3)36)31(4)15-16-34(19-23(31)17-27(30)39-21(2)35)43-41-33(42-44-34)13-7-6-8-14-33/h20,23-28,30H,6-19H2,1-5H3,(H,37,38)/t20?,23-,24?,25+,26+,27-,28+,30+,31+,32-/m1/s1. The topological polar surface area (TPSA) is 127 Å². The van der Waals surface area contributed by atoms with E-state index in [0.29, 0.717) is 32.1 Å². The molecule has 10 nitrogen and oxygen atoms in total. The van der Waals surface area contributed by atoms with Crippen molar-refractivity contribution in [1.29, 1.82) is 0 Å². The van der Waals surface area contributed by atoms with Crippen LogP contribution in [0.4, 0.5) is 0 Å². The average molecular weight is 621 g/mol. The Bertz CT molecular complexity index is 1110. The van der Waals surface area contributed by atoms with Crippen molar-refractivity contribution in [2.45, 2.75) is 148 Å². The first-order chi connectivity index (χ1) is 20.8. The highest BCUT2D eigenvalue weighted by molar-refractivity contribution is 5.67. The van der Waals surface area contributed by atoms with Crippen molar-refractivity contribution in [2.24, 2.45) is 46.3 Å². The van der Waals surface area contributed by atoms with Crippen molar-refractivity contribution in [3.63, 3.8) is 0 Å². The molecule has 1 N–H and O–H groups in total. The molecule has 0 aromatic rings. The maximum absolute atomic E-state index is 12.6. The molecule has 6 aliphatic rings. The minimum atomic E-state index is -1.00. The first-order valence-electron chi connectivity index (χ1n) is 17.1. The lowest BCUT2D eigenvalue weighted by atomic mass is 9.42. The SMILES string of the molecule is CC(=O)O[C@H]1C[C@H]2[C@@H]([C@H](OC(C)=O)C[C@@H]3CC4(CC[C@@]32C)OOC2(CCCCC2)OO4)[C@@H]2CCC(C(C)CCC(=O)O)[C@@]12C. The van der Waals surface area contributed by atoms with Crippen LogP contribution in [0.15, 0.2) is 0 Å². The third kappa shape index (κ3) is 5.49. The first-order valence-corrected chi connectivity index (χ1v) is 17.1. The van der Waals surface area contributed by atoms with E-state index in [9.17, 15) is 19.5 Å².